The summed E-state index contributed by atoms with van der Waals surface area (Å²) < 4.78 is 27.8. The molecule has 5 heteroatoms. The monoisotopic (exact) mass is 238 g/mol. The molecule has 2 N–H and O–H groups in total. The molecule has 1 aromatic carbocycles. The van der Waals surface area contributed by atoms with Gasteiger partial charge in [-0.1, -0.05) is 18.9 Å². The molecule has 0 saturated heterocycles. The Kier molecular flexibility index (Phi) is 4.35. The fourth-order valence-electron chi connectivity index (χ4n) is 1.10. The largest absolute Gasteiger partial charge is 0.299 e. The van der Waals surface area contributed by atoms with Crippen molar-refractivity contribution in [2.75, 3.05) is 11.3 Å². The normalized spacial score (nSPS) is 10.8. The minimum atomic E-state index is -3.49. The smallest absolute Gasteiger partial charge is 0.271 e. The van der Waals surface area contributed by atoms with Crippen molar-refractivity contribution < 1.29 is 8.42 Å². The fourth-order valence-corrected chi connectivity index (χ4v) is 2.08. The predicted molar refractivity (Wildman–Crippen MR) is 65.2 cm³/mol. The third-order valence-electron chi connectivity index (χ3n) is 1.82. The van der Waals surface area contributed by atoms with E-state index in [1.54, 1.807) is 24.3 Å². The zero-order chi connectivity index (χ0) is 12.0. The maximum Gasteiger partial charge on any atom is 0.299 e. The van der Waals surface area contributed by atoms with Crippen LogP contribution < -0.4 is 9.44 Å². The standard InChI is InChI=1S/C11H14N2O2S/c1-3-8-12-16(14,15)13-11-7-5-6-10(4-2)9-11/h2,5-7,9,12-13H,3,8H2,1H3. The van der Waals surface area contributed by atoms with Gasteiger partial charge in [-0.15, -0.1) is 6.42 Å². The lowest BCUT2D eigenvalue weighted by Gasteiger charge is -2.08. The van der Waals surface area contributed by atoms with Gasteiger partial charge >= 0.3 is 0 Å². The first kappa shape index (κ1) is 12.6. The number of benzene rings is 1. The molecule has 1 rings (SSSR count). The molecule has 0 aromatic heterocycles. The Bertz CT molecular complexity index is 489. The Labute approximate surface area is 96.3 Å². The second-order valence-electron chi connectivity index (χ2n) is 3.22. The van der Waals surface area contributed by atoms with Crippen molar-refractivity contribution in [1.29, 1.82) is 0 Å². The molecule has 0 aliphatic carbocycles. The van der Waals surface area contributed by atoms with E-state index >= 15 is 0 Å². The Balaban J connectivity index is 2.77. The Morgan fingerprint density at radius 3 is 2.81 bits per heavy atom. The lowest BCUT2D eigenvalue weighted by atomic mass is 10.2. The molecule has 0 spiro atoms. The molecule has 16 heavy (non-hydrogen) atoms. The molecule has 0 amide bonds. The van der Waals surface area contributed by atoms with Gasteiger partial charge in [0.1, 0.15) is 0 Å². The molecule has 0 fully saturated rings. The number of rotatable bonds is 5. The van der Waals surface area contributed by atoms with Crippen molar-refractivity contribution in [3.8, 4) is 12.3 Å². The van der Waals surface area contributed by atoms with Gasteiger partial charge in [-0.05, 0) is 24.6 Å². The molecule has 0 heterocycles. The molecular formula is C11H14N2O2S. The van der Waals surface area contributed by atoms with Crippen LogP contribution in [0.25, 0.3) is 0 Å². The molecule has 1 aromatic rings. The first-order chi connectivity index (χ1) is 7.57. The van der Waals surface area contributed by atoms with E-state index in [-0.39, 0.29) is 0 Å². The molecule has 0 atom stereocenters. The Morgan fingerprint density at radius 1 is 1.44 bits per heavy atom. The number of hydrogen-bond donors (Lipinski definition) is 2. The third-order valence-corrected chi connectivity index (χ3v) is 2.91. The van der Waals surface area contributed by atoms with E-state index in [9.17, 15) is 8.42 Å². The van der Waals surface area contributed by atoms with Gasteiger partial charge in [0, 0.05) is 12.1 Å². The van der Waals surface area contributed by atoms with Crippen molar-refractivity contribution in [3.63, 3.8) is 0 Å². The minimum Gasteiger partial charge on any atom is -0.271 e. The molecule has 86 valence electrons. The van der Waals surface area contributed by atoms with Crippen molar-refractivity contribution >= 4 is 15.9 Å². The summed E-state index contributed by atoms with van der Waals surface area (Å²) in [6.07, 6.45) is 5.96. The second-order valence-corrected chi connectivity index (χ2v) is 4.72. The topological polar surface area (TPSA) is 58.2 Å². The van der Waals surface area contributed by atoms with Gasteiger partial charge in [-0.2, -0.15) is 13.1 Å². The number of hydrogen-bond acceptors (Lipinski definition) is 2. The predicted octanol–water partition coefficient (Wildman–Crippen LogP) is 1.32. The van der Waals surface area contributed by atoms with Crippen LogP contribution in [0.3, 0.4) is 0 Å². The number of nitrogens with one attached hydrogen (secondary N) is 2. The van der Waals surface area contributed by atoms with Gasteiger partial charge < -0.3 is 0 Å². The Hall–Kier alpha value is -1.51. The molecule has 0 unspecified atom stereocenters. The molecular weight excluding hydrogens is 224 g/mol. The summed E-state index contributed by atoms with van der Waals surface area (Å²) in [5.74, 6) is 2.44. The summed E-state index contributed by atoms with van der Waals surface area (Å²) in [6.45, 7) is 2.30. The van der Waals surface area contributed by atoms with Gasteiger partial charge in [0.15, 0.2) is 0 Å². The zero-order valence-corrected chi connectivity index (χ0v) is 9.84. The maximum absolute atomic E-state index is 11.5. The molecule has 0 saturated carbocycles. The summed E-state index contributed by atoms with van der Waals surface area (Å²) >= 11 is 0. The highest BCUT2D eigenvalue weighted by Crippen LogP contribution is 2.10. The average molecular weight is 238 g/mol. The number of anilines is 1. The van der Waals surface area contributed by atoms with Crippen LogP contribution in [0.5, 0.6) is 0 Å². The lowest BCUT2D eigenvalue weighted by Crippen LogP contribution is -2.30. The van der Waals surface area contributed by atoms with Gasteiger partial charge in [0.2, 0.25) is 0 Å². The summed E-state index contributed by atoms with van der Waals surface area (Å²) in [5.41, 5.74) is 1.09. The van der Waals surface area contributed by atoms with E-state index in [1.807, 2.05) is 6.92 Å². The third kappa shape index (κ3) is 3.93. The highest BCUT2D eigenvalue weighted by molar-refractivity contribution is 7.90. The van der Waals surface area contributed by atoms with E-state index in [4.69, 9.17) is 6.42 Å². The summed E-state index contributed by atoms with van der Waals surface area (Å²) in [4.78, 5) is 0. The van der Waals surface area contributed by atoms with Crippen LogP contribution >= 0.6 is 0 Å². The summed E-state index contributed by atoms with van der Waals surface area (Å²) in [6, 6.07) is 6.68. The van der Waals surface area contributed by atoms with Crippen molar-refractivity contribution in [3.05, 3.63) is 29.8 Å². The zero-order valence-electron chi connectivity index (χ0n) is 9.03. The molecule has 0 aliphatic rings. The first-order valence-electron chi connectivity index (χ1n) is 4.91. The van der Waals surface area contributed by atoms with Crippen LogP contribution in [-0.2, 0) is 10.2 Å². The quantitative estimate of drug-likeness (QED) is 0.760. The van der Waals surface area contributed by atoms with Gasteiger partial charge in [0.25, 0.3) is 10.2 Å². The van der Waals surface area contributed by atoms with Crippen LogP contribution in [0, 0.1) is 12.3 Å². The molecule has 0 aliphatic heterocycles. The summed E-state index contributed by atoms with van der Waals surface area (Å²) in [5, 5.41) is 0. The van der Waals surface area contributed by atoms with Gasteiger partial charge in [-0.3, -0.25) is 4.72 Å². The minimum absolute atomic E-state index is 0.407. The fraction of sp³-hybridized carbons (Fsp3) is 0.273. The summed E-state index contributed by atoms with van der Waals surface area (Å²) in [7, 11) is -3.49. The highest BCUT2D eigenvalue weighted by atomic mass is 32.2. The molecule has 4 nitrogen and oxygen atoms in total. The van der Waals surface area contributed by atoms with Crippen LogP contribution in [-0.4, -0.2) is 15.0 Å². The van der Waals surface area contributed by atoms with Gasteiger partial charge in [-0.25, -0.2) is 0 Å². The van der Waals surface area contributed by atoms with Crippen LogP contribution in [0.15, 0.2) is 24.3 Å². The maximum atomic E-state index is 11.5. The van der Waals surface area contributed by atoms with E-state index in [2.05, 4.69) is 15.4 Å². The molecule has 0 bridgehead atoms. The first-order valence-corrected chi connectivity index (χ1v) is 6.40. The van der Waals surface area contributed by atoms with Crippen LogP contribution in [0.2, 0.25) is 0 Å². The van der Waals surface area contributed by atoms with Crippen LogP contribution in [0.1, 0.15) is 18.9 Å². The van der Waals surface area contributed by atoms with E-state index in [1.165, 1.54) is 0 Å². The average Bonchev–Trinajstić information content (AvgIpc) is 2.26. The van der Waals surface area contributed by atoms with E-state index in [0.29, 0.717) is 17.8 Å². The lowest BCUT2D eigenvalue weighted by molar-refractivity contribution is 0.586. The van der Waals surface area contributed by atoms with Crippen molar-refractivity contribution in [1.82, 2.24) is 4.72 Å². The van der Waals surface area contributed by atoms with E-state index < -0.39 is 10.2 Å². The van der Waals surface area contributed by atoms with E-state index in [0.717, 1.165) is 6.42 Å². The molecule has 0 radical (unpaired) electrons. The van der Waals surface area contributed by atoms with Crippen LogP contribution in [0.4, 0.5) is 5.69 Å². The second kappa shape index (κ2) is 5.54. The number of terminal acetylenes is 1. The SMILES string of the molecule is C#Cc1cccc(NS(=O)(=O)NCCC)c1. The highest BCUT2D eigenvalue weighted by Gasteiger charge is 2.07. The Morgan fingerprint density at radius 2 is 2.19 bits per heavy atom. The van der Waals surface area contributed by atoms with Gasteiger partial charge in [0.05, 0.1) is 5.69 Å². The van der Waals surface area contributed by atoms with Crippen molar-refractivity contribution in [2.45, 2.75) is 13.3 Å². The van der Waals surface area contributed by atoms with Crippen molar-refractivity contribution in [2.24, 2.45) is 0 Å².